The normalized spacial score (nSPS) is 10.7. The van der Waals surface area contributed by atoms with E-state index >= 15 is 0 Å². The van der Waals surface area contributed by atoms with Crippen molar-refractivity contribution in [1.82, 2.24) is 16.0 Å². The van der Waals surface area contributed by atoms with Gasteiger partial charge in [-0.3, -0.25) is 0 Å². The van der Waals surface area contributed by atoms with Crippen LogP contribution in [-0.4, -0.2) is 31.7 Å². The highest BCUT2D eigenvalue weighted by Gasteiger charge is 2.33. The minimum atomic E-state index is -4.55. The average Bonchev–Trinajstić information content (AvgIpc) is 2.43. The van der Waals surface area contributed by atoms with E-state index in [0.717, 1.165) is 12.1 Å². The highest BCUT2D eigenvalue weighted by Crippen LogP contribution is 2.34. The number of hydrogen-bond donors (Lipinski definition) is 4. The number of urea groups is 2. The number of alkyl halides is 3. The third-order valence-electron chi connectivity index (χ3n) is 2.51. The van der Waals surface area contributed by atoms with Crippen LogP contribution in [-0.2, 0) is 6.18 Å². The largest absolute Gasteiger partial charge is 0.418 e. The van der Waals surface area contributed by atoms with E-state index in [0.29, 0.717) is 6.54 Å². The van der Waals surface area contributed by atoms with Crippen LogP contribution in [0.5, 0.6) is 0 Å². The van der Waals surface area contributed by atoms with Crippen molar-refractivity contribution in [2.45, 2.75) is 13.1 Å². The van der Waals surface area contributed by atoms with Crippen LogP contribution in [0.3, 0.4) is 0 Å². The van der Waals surface area contributed by atoms with Crippen LogP contribution in [0.25, 0.3) is 0 Å². The quantitative estimate of drug-likeness (QED) is 0.627. The minimum absolute atomic E-state index is 0.0805. The molecule has 4 N–H and O–H groups in total. The summed E-state index contributed by atoms with van der Waals surface area (Å²) >= 11 is 0. The fraction of sp³-hybridized carbons (Fsp3) is 0.385. The molecule has 0 aliphatic rings. The SMILES string of the molecule is CCNC(=O)NCCNC(=O)Nc1ccccc1C(F)(F)F. The smallest absolute Gasteiger partial charge is 0.338 e. The fourth-order valence-corrected chi connectivity index (χ4v) is 1.58. The summed E-state index contributed by atoms with van der Waals surface area (Å²) < 4.78 is 38.2. The van der Waals surface area contributed by atoms with Crippen LogP contribution in [0.4, 0.5) is 28.4 Å². The van der Waals surface area contributed by atoms with Gasteiger partial charge in [0.25, 0.3) is 0 Å². The Balaban J connectivity index is 2.45. The fourth-order valence-electron chi connectivity index (χ4n) is 1.58. The van der Waals surface area contributed by atoms with Crippen molar-refractivity contribution in [2.75, 3.05) is 25.0 Å². The van der Waals surface area contributed by atoms with E-state index in [9.17, 15) is 22.8 Å². The molecule has 4 amide bonds. The number of para-hydroxylation sites is 1. The molecule has 1 aromatic rings. The number of hydrogen-bond acceptors (Lipinski definition) is 2. The summed E-state index contributed by atoms with van der Waals surface area (Å²) in [6, 6.07) is 3.51. The zero-order valence-electron chi connectivity index (χ0n) is 11.9. The molecule has 0 fully saturated rings. The van der Waals surface area contributed by atoms with E-state index in [1.54, 1.807) is 6.92 Å². The van der Waals surface area contributed by atoms with Crippen molar-refractivity contribution in [3.63, 3.8) is 0 Å². The van der Waals surface area contributed by atoms with Crippen LogP contribution in [0, 0.1) is 0 Å². The second-order valence-electron chi connectivity index (χ2n) is 4.21. The maximum absolute atomic E-state index is 12.7. The predicted octanol–water partition coefficient (Wildman–Crippen LogP) is 2.15. The van der Waals surface area contributed by atoms with E-state index in [1.165, 1.54) is 12.1 Å². The minimum Gasteiger partial charge on any atom is -0.338 e. The molecule has 0 aromatic heterocycles. The van der Waals surface area contributed by atoms with E-state index in [-0.39, 0.29) is 24.8 Å². The van der Waals surface area contributed by atoms with Gasteiger partial charge in [0.15, 0.2) is 0 Å². The van der Waals surface area contributed by atoms with Gasteiger partial charge in [-0.05, 0) is 19.1 Å². The lowest BCUT2D eigenvalue weighted by Crippen LogP contribution is -2.41. The first-order chi connectivity index (χ1) is 10.3. The lowest BCUT2D eigenvalue weighted by molar-refractivity contribution is -0.136. The van der Waals surface area contributed by atoms with E-state index in [2.05, 4.69) is 21.3 Å². The molecular weight excluding hydrogens is 301 g/mol. The molecule has 0 bridgehead atoms. The Labute approximate surface area is 125 Å². The van der Waals surface area contributed by atoms with Crippen LogP contribution >= 0.6 is 0 Å². The van der Waals surface area contributed by atoms with Crippen molar-refractivity contribution in [3.8, 4) is 0 Å². The van der Waals surface area contributed by atoms with Crippen LogP contribution in [0.2, 0.25) is 0 Å². The topological polar surface area (TPSA) is 82.3 Å². The van der Waals surface area contributed by atoms with Crippen molar-refractivity contribution in [3.05, 3.63) is 29.8 Å². The summed E-state index contributed by atoms with van der Waals surface area (Å²) in [5.74, 6) is 0. The Morgan fingerprint density at radius 3 is 2.18 bits per heavy atom. The highest BCUT2D eigenvalue weighted by molar-refractivity contribution is 5.90. The first-order valence-electron chi connectivity index (χ1n) is 6.57. The Bertz CT molecular complexity index is 520. The molecule has 122 valence electrons. The predicted molar refractivity (Wildman–Crippen MR) is 75.5 cm³/mol. The van der Waals surface area contributed by atoms with Gasteiger partial charge < -0.3 is 21.3 Å². The molecule has 0 radical (unpaired) electrons. The lowest BCUT2D eigenvalue weighted by atomic mass is 10.1. The van der Waals surface area contributed by atoms with Gasteiger partial charge in [-0.1, -0.05) is 12.1 Å². The Hall–Kier alpha value is -2.45. The number of benzene rings is 1. The Morgan fingerprint density at radius 2 is 1.59 bits per heavy atom. The molecule has 0 heterocycles. The summed E-state index contributed by atoms with van der Waals surface area (Å²) in [7, 11) is 0. The third-order valence-corrected chi connectivity index (χ3v) is 2.51. The van der Waals surface area contributed by atoms with E-state index < -0.39 is 17.8 Å². The standard InChI is InChI=1S/C13H17F3N4O2/c1-2-17-11(21)18-7-8-19-12(22)20-10-6-4-3-5-9(10)13(14,15)16/h3-6H,2,7-8H2,1H3,(H2,17,18,21)(H2,19,20,22). The van der Waals surface area contributed by atoms with Crippen molar-refractivity contribution in [2.24, 2.45) is 0 Å². The van der Waals surface area contributed by atoms with Crippen LogP contribution < -0.4 is 21.3 Å². The summed E-state index contributed by atoms with van der Waals surface area (Å²) in [4.78, 5) is 22.6. The number of anilines is 1. The molecule has 0 atom stereocenters. The molecule has 0 saturated carbocycles. The zero-order chi connectivity index (χ0) is 16.6. The van der Waals surface area contributed by atoms with Crippen molar-refractivity contribution in [1.29, 1.82) is 0 Å². The number of nitrogens with one attached hydrogen (secondary N) is 4. The van der Waals surface area contributed by atoms with Gasteiger partial charge in [0.05, 0.1) is 11.3 Å². The van der Waals surface area contributed by atoms with Gasteiger partial charge in [-0.25, -0.2) is 9.59 Å². The number of carbonyl (C=O) groups is 2. The summed E-state index contributed by atoms with van der Waals surface area (Å²) in [5.41, 5.74) is -1.25. The second kappa shape index (κ2) is 8.11. The second-order valence-corrected chi connectivity index (χ2v) is 4.21. The molecule has 0 unspecified atom stereocenters. The van der Waals surface area contributed by atoms with Crippen molar-refractivity contribution >= 4 is 17.7 Å². The number of carbonyl (C=O) groups excluding carboxylic acids is 2. The molecule has 0 saturated heterocycles. The van der Waals surface area contributed by atoms with Crippen molar-refractivity contribution < 1.29 is 22.8 Å². The molecule has 1 rings (SSSR count). The maximum Gasteiger partial charge on any atom is 0.418 e. The zero-order valence-corrected chi connectivity index (χ0v) is 11.9. The van der Waals surface area contributed by atoms with E-state index in [1.807, 2.05) is 0 Å². The van der Waals surface area contributed by atoms with Gasteiger partial charge in [-0.15, -0.1) is 0 Å². The Kier molecular flexibility index (Phi) is 6.48. The van der Waals surface area contributed by atoms with Gasteiger partial charge in [-0.2, -0.15) is 13.2 Å². The van der Waals surface area contributed by atoms with Crippen LogP contribution in [0.15, 0.2) is 24.3 Å². The molecule has 0 spiro atoms. The molecule has 6 nitrogen and oxygen atoms in total. The van der Waals surface area contributed by atoms with Gasteiger partial charge in [0.2, 0.25) is 0 Å². The summed E-state index contributed by atoms with van der Waals surface area (Å²) in [6.45, 7) is 2.45. The molecule has 22 heavy (non-hydrogen) atoms. The van der Waals surface area contributed by atoms with Crippen LogP contribution in [0.1, 0.15) is 12.5 Å². The lowest BCUT2D eigenvalue weighted by Gasteiger charge is -2.14. The number of amides is 4. The molecule has 0 aliphatic heterocycles. The molecular formula is C13H17F3N4O2. The van der Waals surface area contributed by atoms with E-state index in [4.69, 9.17) is 0 Å². The first-order valence-corrected chi connectivity index (χ1v) is 6.57. The highest BCUT2D eigenvalue weighted by atomic mass is 19.4. The summed E-state index contributed by atoms with van der Waals surface area (Å²) in [6.07, 6.45) is -4.55. The van der Waals surface area contributed by atoms with Gasteiger partial charge in [0.1, 0.15) is 0 Å². The number of rotatable bonds is 5. The van der Waals surface area contributed by atoms with Gasteiger partial charge >= 0.3 is 18.2 Å². The molecule has 0 aliphatic carbocycles. The van der Waals surface area contributed by atoms with Gasteiger partial charge in [0, 0.05) is 19.6 Å². The first kappa shape index (κ1) is 17.6. The number of halogens is 3. The third kappa shape index (κ3) is 5.90. The maximum atomic E-state index is 12.7. The monoisotopic (exact) mass is 318 g/mol. The molecule has 9 heteroatoms. The molecule has 1 aromatic carbocycles. The summed E-state index contributed by atoms with van der Waals surface area (Å²) in [5, 5.41) is 9.44. The Morgan fingerprint density at radius 1 is 1.00 bits per heavy atom. The average molecular weight is 318 g/mol.